The van der Waals surface area contributed by atoms with Crippen LogP contribution in [0, 0.1) is 0 Å². The fourth-order valence-electron chi connectivity index (χ4n) is 4.64. The number of piperidine rings is 1. The summed E-state index contributed by atoms with van der Waals surface area (Å²) in [5.74, 6) is 1.10. The Hall–Kier alpha value is -2.54. The van der Waals surface area contributed by atoms with Crippen LogP contribution < -0.4 is 4.74 Å². The average Bonchev–Trinajstić information content (AvgIpc) is 2.76. The lowest BCUT2D eigenvalue weighted by molar-refractivity contribution is -0.0272. The second kappa shape index (κ2) is 9.25. The average molecular weight is 486 g/mol. The highest BCUT2D eigenvalue weighted by molar-refractivity contribution is 7.90. The number of rotatable bonds is 4. The predicted molar refractivity (Wildman–Crippen MR) is 134 cm³/mol. The van der Waals surface area contributed by atoms with Crippen molar-refractivity contribution in [2.45, 2.75) is 64.1 Å². The normalized spacial score (nSPS) is 17.7. The Labute approximate surface area is 203 Å². The third-order valence-electron chi connectivity index (χ3n) is 6.61. The van der Waals surface area contributed by atoms with Crippen molar-refractivity contribution in [3.63, 3.8) is 0 Å². The SMILES string of the molecule is CC(C)(C)OC(=O)N1CCC2(CCc3cc(-c4ccc(CCS(C)(=O)=O)cc4)ccc3O2)CC1. The van der Waals surface area contributed by atoms with Crippen LogP contribution in [0.15, 0.2) is 42.5 Å². The van der Waals surface area contributed by atoms with Crippen LogP contribution in [0.4, 0.5) is 4.79 Å². The van der Waals surface area contributed by atoms with Crippen molar-refractivity contribution in [1.29, 1.82) is 0 Å². The third-order valence-corrected chi connectivity index (χ3v) is 7.56. The van der Waals surface area contributed by atoms with E-state index < -0.39 is 15.4 Å². The summed E-state index contributed by atoms with van der Waals surface area (Å²) in [5, 5.41) is 0. The van der Waals surface area contributed by atoms with E-state index in [2.05, 4.69) is 30.3 Å². The Bertz CT molecular complexity index is 1140. The van der Waals surface area contributed by atoms with Gasteiger partial charge in [-0.25, -0.2) is 13.2 Å². The van der Waals surface area contributed by atoms with Crippen molar-refractivity contribution in [2.75, 3.05) is 25.1 Å². The van der Waals surface area contributed by atoms with Gasteiger partial charge in [0, 0.05) is 32.2 Å². The number of aryl methyl sites for hydroxylation is 2. The van der Waals surface area contributed by atoms with Crippen LogP contribution in [-0.2, 0) is 27.4 Å². The molecule has 0 saturated carbocycles. The van der Waals surface area contributed by atoms with Gasteiger partial charge in [0.05, 0.1) is 5.75 Å². The number of carbonyl (C=O) groups is 1. The van der Waals surface area contributed by atoms with Gasteiger partial charge in [-0.2, -0.15) is 0 Å². The van der Waals surface area contributed by atoms with E-state index in [0.717, 1.165) is 48.1 Å². The zero-order valence-electron chi connectivity index (χ0n) is 20.6. The van der Waals surface area contributed by atoms with Crippen LogP contribution in [0.5, 0.6) is 5.75 Å². The van der Waals surface area contributed by atoms with E-state index in [1.165, 1.54) is 11.8 Å². The number of carbonyl (C=O) groups excluding carboxylic acids is 1. The smallest absolute Gasteiger partial charge is 0.410 e. The summed E-state index contributed by atoms with van der Waals surface area (Å²) in [7, 11) is -2.96. The van der Waals surface area contributed by atoms with Crippen molar-refractivity contribution in [3.8, 4) is 16.9 Å². The molecule has 6 nitrogen and oxygen atoms in total. The van der Waals surface area contributed by atoms with E-state index >= 15 is 0 Å². The summed E-state index contributed by atoms with van der Waals surface area (Å²) in [5.41, 5.74) is 3.77. The number of fused-ring (bicyclic) bond motifs is 1. The van der Waals surface area contributed by atoms with Gasteiger partial charge in [-0.3, -0.25) is 0 Å². The summed E-state index contributed by atoms with van der Waals surface area (Å²) >= 11 is 0. The van der Waals surface area contributed by atoms with Crippen LogP contribution >= 0.6 is 0 Å². The molecular formula is C27H35NO5S. The van der Waals surface area contributed by atoms with Gasteiger partial charge >= 0.3 is 6.09 Å². The Morgan fingerprint density at radius 3 is 2.29 bits per heavy atom. The number of hydrogen-bond donors (Lipinski definition) is 0. The van der Waals surface area contributed by atoms with Gasteiger partial charge in [-0.15, -0.1) is 0 Å². The number of likely N-dealkylation sites (tertiary alicyclic amines) is 1. The molecule has 1 amide bonds. The van der Waals surface area contributed by atoms with Crippen LogP contribution in [0.2, 0.25) is 0 Å². The summed E-state index contributed by atoms with van der Waals surface area (Å²) in [4.78, 5) is 14.2. The maximum atomic E-state index is 12.4. The van der Waals surface area contributed by atoms with E-state index in [0.29, 0.717) is 19.5 Å². The number of benzene rings is 2. The molecule has 2 heterocycles. The van der Waals surface area contributed by atoms with Gasteiger partial charge in [-0.1, -0.05) is 30.3 Å². The molecule has 0 radical (unpaired) electrons. The number of ether oxygens (including phenoxy) is 2. The first-order chi connectivity index (χ1) is 15.9. The number of nitrogens with zero attached hydrogens (tertiary/aromatic N) is 1. The summed E-state index contributed by atoms with van der Waals surface area (Å²) < 4.78 is 34.9. The van der Waals surface area contributed by atoms with Crippen LogP contribution in [0.1, 0.15) is 51.2 Å². The molecule has 34 heavy (non-hydrogen) atoms. The largest absolute Gasteiger partial charge is 0.487 e. The molecule has 0 N–H and O–H groups in total. The molecule has 0 atom stereocenters. The monoisotopic (exact) mass is 485 g/mol. The highest BCUT2D eigenvalue weighted by Crippen LogP contribution is 2.41. The number of hydrogen-bond acceptors (Lipinski definition) is 5. The van der Waals surface area contributed by atoms with Crippen molar-refractivity contribution in [3.05, 3.63) is 53.6 Å². The first-order valence-corrected chi connectivity index (χ1v) is 14.0. The Morgan fingerprint density at radius 2 is 1.68 bits per heavy atom. The molecule has 0 aliphatic carbocycles. The van der Waals surface area contributed by atoms with Gasteiger partial charge in [0.15, 0.2) is 0 Å². The standard InChI is InChI=1S/C27H35NO5S/c1-26(2,3)33-25(29)28-16-14-27(15-17-28)13-11-23-19-22(9-10-24(23)32-27)21-7-5-20(6-8-21)12-18-34(4,30)31/h5-10,19H,11-18H2,1-4H3. The molecule has 2 aliphatic heterocycles. The van der Waals surface area contributed by atoms with Crippen molar-refractivity contribution in [1.82, 2.24) is 4.90 Å². The van der Waals surface area contributed by atoms with E-state index in [9.17, 15) is 13.2 Å². The zero-order valence-corrected chi connectivity index (χ0v) is 21.4. The maximum Gasteiger partial charge on any atom is 0.410 e. The van der Waals surface area contributed by atoms with Crippen LogP contribution in [0.25, 0.3) is 11.1 Å². The van der Waals surface area contributed by atoms with E-state index in [1.54, 1.807) is 4.90 Å². The molecule has 1 spiro atoms. The summed E-state index contributed by atoms with van der Waals surface area (Å²) in [6.45, 7) is 6.96. The molecule has 4 rings (SSSR count). The van der Waals surface area contributed by atoms with Crippen LogP contribution in [-0.4, -0.2) is 55.7 Å². The molecule has 1 fully saturated rings. The topological polar surface area (TPSA) is 72.9 Å². The minimum Gasteiger partial charge on any atom is -0.487 e. The lowest BCUT2D eigenvalue weighted by Gasteiger charge is -2.44. The zero-order chi connectivity index (χ0) is 24.6. The second-order valence-corrected chi connectivity index (χ2v) is 12.9. The molecule has 0 aromatic heterocycles. The quantitative estimate of drug-likeness (QED) is 0.607. The fraction of sp³-hybridized carbons (Fsp3) is 0.519. The van der Waals surface area contributed by atoms with Gasteiger partial charge < -0.3 is 14.4 Å². The van der Waals surface area contributed by atoms with Gasteiger partial charge in [0.2, 0.25) is 0 Å². The first-order valence-electron chi connectivity index (χ1n) is 12.0. The molecule has 2 aromatic carbocycles. The molecule has 0 bridgehead atoms. The second-order valence-electron chi connectivity index (χ2n) is 10.7. The lowest BCUT2D eigenvalue weighted by Crippen LogP contribution is -2.52. The fourth-order valence-corrected chi connectivity index (χ4v) is 5.25. The minimum atomic E-state index is -2.96. The minimum absolute atomic E-state index is 0.166. The first kappa shape index (κ1) is 24.6. The van der Waals surface area contributed by atoms with Gasteiger partial charge in [0.25, 0.3) is 0 Å². The van der Waals surface area contributed by atoms with Crippen molar-refractivity contribution < 1.29 is 22.7 Å². The molecule has 2 aliphatic rings. The summed E-state index contributed by atoms with van der Waals surface area (Å²) in [6, 6.07) is 14.5. The molecule has 7 heteroatoms. The van der Waals surface area contributed by atoms with Gasteiger partial charge in [0.1, 0.15) is 26.8 Å². The Balaban J connectivity index is 1.39. The van der Waals surface area contributed by atoms with E-state index in [4.69, 9.17) is 9.47 Å². The highest BCUT2D eigenvalue weighted by Gasteiger charge is 2.41. The molecule has 0 unspecified atom stereocenters. The lowest BCUT2D eigenvalue weighted by atomic mass is 9.82. The van der Waals surface area contributed by atoms with Crippen molar-refractivity contribution in [2.24, 2.45) is 0 Å². The summed E-state index contributed by atoms with van der Waals surface area (Å²) in [6.07, 6.45) is 5.06. The number of amides is 1. The van der Waals surface area contributed by atoms with Crippen LogP contribution in [0.3, 0.4) is 0 Å². The Kier molecular flexibility index (Phi) is 6.69. The van der Waals surface area contributed by atoms with E-state index in [-0.39, 0.29) is 17.4 Å². The molecule has 184 valence electrons. The number of sulfone groups is 1. The van der Waals surface area contributed by atoms with E-state index in [1.807, 2.05) is 32.9 Å². The molecular weight excluding hydrogens is 450 g/mol. The third kappa shape index (κ3) is 6.12. The highest BCUT2D eigenvalue weighted by atomic mass is 32.2. The molecule has 1 saturated heterocycles. The Morgan fingerprint density at radius 1 is 1.03 bits per heavy atom. The maximum absolute atomic E-state index is 12.4. The predicted octanol–water partition coefficient (Wildman–Crippen LogP) is 5.04. The van der Waals surface area contributed by atoms with Crippen molar-refractivity contribution >= 4 is 15.9 Å². The van der Waals surface area contributed by atoms with Gasteiger partial charge in [-0.05, 0) is 74.4 Å². The molecule has 2 aromatic rings.